The number of rotatable bonds is 1. The zero-order valence-corrected chi connectivity index (χ0v) is 12.2. The molecule has 1 aliphatic rings. The lowest BCUT2D eigenvalue weighted by Gasteiger charge is -2.41. The summed E-state index contributed by atoms with van der Waals surface area (Å²) in [6.07, 6.45) is 0. The van der Waals surface area contributed by atoms with Crippen LogP contribution in [0.5, 0.6) is 0 Å². The van der Waals surface area contributed by atoms with Gasteiger partial charge in [-0.15, -0.1) is 0 Å². The molecule has 0 radical (unpaired) electrons. The molecular formula is C15H25N3. The van der Waals surface area contributed by atoms with Crippen molar-refractivity contribution in [1.82, 2.24) is 0 Å². The first-order valence-electron chi connectivity index (χ1n) is 6.63. The van der Waals surface area contributed by atoms with Crippen LogP contribution in [0.25, 0.3) is 0 Å². The summed E-state index contributed by atoms with van der Waals surface area (Å²) < 4.78 is 0. The van der Waals surface area contributed by atoms with Crippen molar-refractivity contribution >= 4 is 11.4 Å². The summed E-state index contributed by atoms with van der Waals surface area (Å²) in [7, 11) is 4.29. The maximum atomic E-state index is 5.87. The highest BCUT2D eigenvalue weighted by molar-refractivity contribution is 5.74. The number of benzene rings is 1. The quantitative estimate of drug-likeness (QED) is 0.826. The van der Waals surface area contributed by atoms with Crippen LogP contribution in [-0.2, 0) is 5.41 Å². The van der Waals surface area contributed by atoms with Gasteiger partial charge in [-0.05, 0) is 23.1 Å². The van der Waals surface area contributed by atoms with E-state index in [1.165, 1.54) is 16.9 Å². The molecule has 100 valence electrons. The van der Waals surface area contributed by atoms with Crippen molar-refractivity contribution in [2.45, 2.75) is 32.2 Å². The molecule has 0 saturated carbocycles. The van der Waals surface area contributed by atoms with E-state index in [0.29, 0.717) is 12.6 Å². The summed E-state index contributed by atoms with van der Waals surface area (Å²) in [4.78, 5) is 4.63. The van der Waals surface area contributed by atoms with Gasteiger partial charge in [0.15, 0.2) is 0 Å². The van der Waals surface area contributed by atoms with Crippen molar-refractivity contribution in [1.29, 1.82) is 0 Å². The van der Waals surface area contributed by atoms with Gasteiger partial charge in [-0.3, -0.25) is 0 Å². The Morgan fingerprint density at radius 3 is 2.44 bits per heavy atom. The van der Waals surface area contributed by atoms with Crippen LogP contribution in [-0.4, -0.2) is 33.2 Å². The van der Waals surface area contributed by atoms with Crippen molar-refractivity contribution in [3.05, 3.63) is 23.8 Å². The zero-order valence-electron chi connectivity index (χ0n) is 12.2. The molecule has 1 atom stereocenters. The standard InChI is InChI=1S/C15H25N3/c1-15(2,3)11-6-7-13-14(8-11)18(5)12(9-16)10-17(13)4/h6-8,12H,9-10,16H2,1-5H3. The number of nitrogens with two attached hydrogens (primary N) is 1. The average molecular weight is 247 g/mol. The second-order valence-electron chi connectivity index (χ2n) is 6.33. The van der Waals surface area contributed by atoms with E-state index >= 15 is 0 Å². The van der Waals surface area contributed by atoms with Crippen LogP contribution >= 0.6 is 0 Å². The predicted octanol–water partition coefficient (Wildman–Crippen LogP) is 2.20. The molecule has 0 fully saturated rings. The Kier molecular flexibility index (Phi) is 3.28. The SMILES string of the molecule is CN1CC(CN)N(C)c2cc(C(C)(C)C)ccc21. The molecule has 0 aliphatic carbocycles. The third-order valence-electron chi connectivity index (χ3n) is 3.94. The topological polar surface area (TPSA) is 32.5 Å². The fourth-order valence-electron chi connectivity index (χ4n) is 2.56. The Labute approximate surface area is 111 Å². The summed E-state index contributed by atoms with van der Waals surface area (Å²) in [6.45, 7) is 8.44. The maximum Gasteiger partial charge on any atom is 0.0607 e. The van der Waals surface area contributed by atoms with E-state index in [9.17, 15) is 0 Å². The van der Waals surface area contributed by atoms with Crippen LogP contribution in [0.4, 0.5) is 11.4 Å². The summed E-state index contributed by atoms with van der Waals surface area (Å²) in [5, 5.41) is 0. The minimum absolute atomic E-state index is 0.185. The second kappa shape index (κ2) is 4.47. The number of hydrogen-bond donors (Lipinski definition) is 1. The van der Waals surface area contributed by atoms with Crippen LogP contribution in [0.3, 0.4) is 0 Å². The smallest absolute Gasteiger partial charge is 0.0607 e. The number of nitrogens with zero attached hydrogens (tertiary/aromatic N) is 2. The Hall–Kier alpha value is -1.22. The lowest BCUT2D eigenvalue weighted by molar-refractivity contribution is 0.583. The molecular weight excluding hydrogens is 222 g/mol. The molecule has 0 saturated heterocycles. The lowest BCUT2D eigenvalue weighted by Crippen LogP contribution is -2.49. The number of likely N-dealkylation sites (N-methyl/N-ethyl adjacent to an activating group) is 2. The van der Waals surface area contributed by atoms with E-state index in [1.54, 1.807) is 0 Å². The molecule has 0 amide bonds. The third kappa shape index (κ3) is 2.19. The number of hydrogen-bond acceptors (Lipinski definition) is 3. The molecule has 3 heteroatoms. The highest BCUT2D eigenvalue weighted by Gasteiger charge is 2.27. The van der Waals surface area contributed by atoms with Gasteiger partial charge >= 0.3 is 0 Å². The first-order valence-corrected chi connectivity index (χ1v) is 6.63. The summed E-state index contributed by atoms with van der Waals surface area (Å²) >= 11 is 0. The van der Waals surface area contributed by atoms with Crippen LogP contribution in [0.15, 0.2) is 18.2 Å². The van der Waals surface area contributed by atoms with Gasteiger partial charge < -0.3 is 15.5 Å². The van der Waals surface area contributed by atoms with Gasteiger partial charge in [0.05, 0.1) is 17.4 Å². The fourth-order valence-corrected chi connectivity index (χ4v) is 2.56. The van der Waals surface area contributed by atoms with Gasteiger partial charge in [0.1, 0.15) is 0 Å². The van der Waals surface area contributed by atoms with Crippen LogP contribution in [0.2, 0.25) is 0 Å². The molecule has 0 bridgehead atoms. The van der Waals surface area contributed by atoms with Crippen LogP contribution < -0.4 is 15.5 Å². The molecule has 2 rings (SSSR count). The van der Waals surface area contributed by atoms with Crippen molar-refractivity contribution in [2.24, 2.45) is 5.73 Å². The van der Waals surface area contributed by atoms with E-state index in [2.05, 4.69) is 62.9 Å². The fraction of sp³-hybridized carbons (Fsp3) is 0.600. The van der Waals surface area contributed by atoms with Crippen molar-refractivity contribution in [3.63, 3.8) is 0 Å². The highest BCUT2D eigenvalue weighted by Crippen LogP contribution is 2.37. The van der Waals surface area contributed by atoms with Gasteiger partial charge in [-0.25, -0.2) is 0 Å². The number of anilines is 2. The zero-order chi connectivity index (χ0) is 13.5. The van der Waals surface area contributed by atoms with E-state index < -0.39 is 0 Å². The molecule has 2 N–H and O–H groups in total. The van der Waals surface area contributed by atoms with Crippen molar-refractivity contribution < 1.29 is 0 Å². The maximum absolute atomic E-state index is 5.87. The first-order chi connectivity index (χ1) is 8.34. The Bertz CT molecular complexity index is 434. The largest absolute Gasteiger partial charge is 0.371 e. The second-order valence-corrected chi connectivity index (χ2v) is 6.33. The van der Waals surface area contributed by atoms with Crippen LogP contribution in [0, 0.1) is 0 Å². The summed E-state index contributed by atoms with van der Waals surface area (Å²) in [5.41, 5.74) is 10.0. The van der Waals surface area contributed by atoms with Crippen LogP contribution in [0.1, 0.15) is 26.3 Å². The predicted molar refractivity (Wildman–Crippen MR) is 79.7 cm³/mol. The molecule has 0 aromatic heterocycles. The minimum atomic E-state index is 0.185. The monoisotopic (exact) mass is 247 g/mol. The molecule has 1 aromatic carbocycles. The van der Waals surface area contributed by atoms with Crippen molar-refractivity contribution in [3.8, 4) is 0 Å². The Morgan fingerprint density at radius 2 is 1.89 bits per heavy atom. The Balaban J connectivity index is 2.47. The molecule has 1 aromatic rings. The van der Waals surface area contributed by atoms with Gasteiger partial charge in [-0.1, -0.05) is 26.8 Å². The first kappa shape index (κ1) is 13.2. The summed E-state index contributed by atoms with van der Waals surface area (Å²) in [6, 6.07) is 7.19. The van der Waals surface area contributed by atoms with Gasteiger partial charge in [-0.2, -0.15) is 0 Å². The van der Waals surface area contributed by atoms with Crippen molar-refractivity contribution in [2.75, 3.05) is 37.0 Å². The number of fused-ring (bicyclic) bond motifs is 1. The van der Waals surface area contributed by atoms with E-state index in [0.717, 1.165) is 6.54 Å². The lowest BCUT2D eigenvalue weighted by atomic mass is 9.86. The van der Waals surface area contributed by atoms with E-state index in [-0.39, 0.29) is 5.41 Å². The van der Waals surface area contributed by atoms with E-state index in [4.69, 9.17) is 5.73 Å². The molecule has 18 heavy (non-hydrogen) atoms. The molecule has 0 spiro atoms. The Morgan fingerprint density at radius 1 is 1.22 bits per heavy atom. The van der Waals surface area contributed by atoms with Gasteiger partial charge in [0.25, 0.3) is 0 Å². The average Bonchev–Trinajstić information content (AvgIpc) is 2.32. The molecule has 1 unspecified atom stereocenters. The highest BCUT2D eigenvalue weighted by atomic mass is 15.3. The van der Waals surface area contributed by atoms with Gasteiger partial charge in [0.2, 0.25) is 0 Å². The van der Waals surface area contributed by atoms with Gasteiger partial charge in [0, 0.05) is 27.2 Å². The summed E-state index contributed by atoms with van der Waals surface area (Å²) in [5.74, 6) is 0. The third-order valence-corrected chi connectivity index (χ3v) is 3.94. The molecule has 1 aliphatic heterocycles. The normalized spacial score (nSPS) is 20.0. The minimum Gasteiger partial charge on any atom is -0.371 e. The van der Waals surface area contributed by atoms with E-state index in [1.807, 2.05) is 0 Å². The molecule has 3 nitrogen and oxygen atoms in total. The molecule has 1 heterocycles.